The Morgan fingerprint density at radius 1 is 1.19 bits per heavy atom. The molecular weight excluding hydrogens is 352 g/mol. The molecule has 0 unspecified atom stereocenters. The number of hydrogen-bond donors (Lipinski definition) is 0. The Morgan fingerprint density at radius 2 is 1.86 bits per heavy atom. The summed E-state index contributed by atoms with van der Waals surface area (Å²) < 4.78 is 7.06. The third kappa shape index (κ3) is 3.27. The third-order valence-corrected chi connectivity index (χ3v) is 5.82. The van der Waals surface area contributed by atoms with Crippen molar-refractivity contribution in [2.75, 3.05) is 6.61 Å². The van der Waals surface area contributed by atoms with E-state index in [0.29, 0.717) is 17.7 Å². The number of rotatable bonds is 4. The average Bonchev–Trinajstić information content (AvgIpc) is 3.29. The Hall–Kier alpha value is -0.190. The molecule has 5 heteroatoms. The highest BCUT2D eigenvalue weighted by Crippen LogP contribution is 2.46. The van der Waals surface area contributed by atoms with E-state index >= 15 is 0 Å². The first-order valence-corrected chi connectivity index (χ1v) is 9.21. The van der Waals surface area contributed by atoms with E-state index < -0.39 is 0 Å². The Balaban J connectivity index is 2.02. The Bertz CT molecular complexity index is 511. The highest BCUT2D eigenvalue weighted by molar-refractivity contribution is 9.10. The van der Waals surface area contributed by atoms with Crippen LogP contribution in [0, 0.1) is 0 Å². The summed E-state index contributed by atoms with van der Waals surface area (Å²) in [7, 11) is 0. The Labute approximate surface area is 140 Å². The molecule has 2 aliphatic rings. The highest BCUT2D eigenvalue weighted by Gasteiger charge is 2.39. The number of ether oxygens (including phenoxy) is 1. The van der Waals surface area contributed by atoms with Crippen LogP contribution < -0.4 is 0 Å². The average molecular weight is 374 g/mol. The smallest absolute Gasteiger partial charge is 0.162 e. The standard InChI is InChI=1S/C16H22BrClN2O/c1-2-21-16(9-5-3-4-6-10-16)15-19-13(11-7-8-11)12(17)14(18)20-15/h11H,2-10H2,1H3. The molecule has 116 valence electrons. The quantitative estimate of drug-likeness (QED) is 0.526. The van der Waals surface area contributed by atoms with Crippen LogP contribution in [0.15, 0.2) is 4.47 Å². The third-order valence-electron chi connectivity index (χ3n) is 4.54. The van der Waals surface area contributed by atoms with Gasteiger partial charge in [-0.1, -0.05) is 37.3 Å². The van der Waals surface area contributed by atoms with E-state index in [1.54, 1.807) is 0 Å². The van der Waals surface area contributed by atoms with Crippen molar-refractivity contribution >= 4 is 27.5 Å². The van der Waals surface area contributed by atoms with E-state index in [-0.39, 0.29) is 5.60 Å². The maximum atomic E-state index is 6.36. The molecule has 3 nitrogen and oxygen atoms in total. The lowest BCUT2D eigenvalue weighted by Crippen LogP contribution is -2.32. The largest absolute Gasteiger partial charge is 0.367 e. The molecule has 0 spiro atoms. The van der Waals surface area contributed by atoms with E-state index in [2.05, 4.69) is 27.8 Å². The second-order valence-electron chi connectivity index (χ2n) is 6.15. The van der Waals surface area contributed by atoms with Crippen LogP contribution in [0.4, 0.5) is 0 Å². The molecule has 0 N–H and O–H groups in total. The number of hydrogen-bond acceptors (Lipinski definition) is 3. The number of nitrogens with zero attached hydrogens (tertiary/aromatic N) is 2. The number of halogens is 2. The first kappa shape index (κ1) is 15.7. The Kier molecular flexibility index (Phi) is 4.87. The zero-order valence-electron chi connectivity index (χ0n) is 12.5. The maximum absolute atomic E-state index is 6.36. The van der Waals surface area contributed by atoms with Gasteiger partial charge in [0.15, 0.2) is 5.82 Å². The van der Waals surface area contributed by atoms with Gasteiger partial charge >= 0.3 is 0 Å². The van der Waals surface area contributed by atoms with Crippen LogP contribution in [0.3, 0.4) is 0 Å². The van der Waals surface area contributed by atoms with Crippen molar-refractivity contribution < 1.29 is 4.74 Å². The van der Waals surface area contributed by atoms with Gasteiger partial charge in [0.25, 0.3) is 0 Å². The van der Waals surface area contributed by atoms with Crippen LogP contribution in [0.5, 0.6) is 0 Å². The molecule has 2 aliphatic carbocycles. The first-order valence-electron chi connectivity index (χ1n) is 8.03. The van der Waals surface area contributed by atoms with Crippen molar-refractivity contribution in [3.05, 3.63) is 21.1 Å². The van der Waals surface area contributed by atoms with Gasteiger partial charge in [-0.15, -0.1) is 0 Å². The molecule has 0 radical (unpaired) electrons. The lowest BCUT2D eigenvalue weighted by atomic mass is 9.92. The van der Waals surface area contributed by atoms with Gasteiger partial charge in [-0.05, 0) is 48.5 Å². The summed E-state index contributed by atoms with van der Waals surface area (Å²) in [4.78, 5) is 9.47. The van der Waals surface area contributed by atoms with Crippen molar-refractivity contribution in [3.8, 4) is 0 Å². The summed E-state index contributed by atoms with van der Waals surface area (Å²) in [5.41, 5.74) is 0.743. The van der Waals surface area contributed by atoms with Crippen molar-refractivity contribution in [1.29, 1.82) is 0 Å². The molecule has 0 aliphatic heterocycles. The van der Waals surface area contributed by atoms with E-state index in [0.717, 1.165) is 28.8 Å². The summed E-state index contributed by atoms with van der Waals surface area (Å²) in [5.74, 6) is 1.35. The molecule has 0 amide bonds. The molecule has 1 aromatic rings. The van der Waals surface area contributed by atoms with Gasteiger partial charge < -0.3 is 4.74 Å². The van der Waals surface area contributed by atoms with Crippen LogP contribution in [-0.4, -0.2) is 16.6 Å². The van der Waals surface area contributed by atoms with E-state index in [4.69, 9.17) is 21.3 Å². The van der Waals surface area contributed by atoms with Crippen molar-refractivity contribution in [2.24, 2.45) is 0 Å². The van der Waals surface area contributed by atoms with Crippen LogP contribution in [-0.2, 0) is 10.3 Å². The molecule has 0 bridgehead atoms. The van der Waals surface area contributed by atoms with Gasteiger partial charge in [0.2, 0.25) is 0 Å². The normalized spacial score (nSPS) is 22.0. The summed E-state index contributed by atoms with van der Waals surface area (Å²) in [6.07, 6.45) is 9.31. The molecule has 2 fully saturated rings. The zero-order valence-corrected chi connectivity index (χ0v) is 14.8. The van der Waals surface area contributed by atoms with Gasteiger partial charge in [0.1, 0.15) is 10.8 Å². The SMILES string of the molecule is CCOC1(c2nc(Cl)c(Br)c(C3CC3)n2)CCCCCC1. The second-order valence-corrected chi connectivity index (χ2v) is 7.30. The molecular formula is C16H22BrClN2O. The van der Waals surface area contributed by atoms with Gasteiger partial charge in [-0.2, -0.15) is 0 Å². The molecule has 21 heavy (non-hydrogen) atoms. The van der Waals surface area contributed by atoms with Crippen molar-refractivity contribution in [1.82, 2.24) is 9.97 Å². The van der Waals surface area contributed by atoms with Crippen molar-refractivity contribution in [3.63, 3.8) is 0 Å². The maximum Gasteiger partial charge on any atom is 0.162 e. The first-order chi connectivity index (χ1) is 10.2. The van der Waals surface area contributed by atoms with E-state index in [1.807, 2.05) is 0 Å². The second kappa shape index (κ2) is 6.51. The molecule has 1 heterocycles. The van der Waals surface area contributed by atoms with E-state index in [1.165, 1.54) is 38.5 Å². The fourth-order valence-corrected chi connectivity index (χ4v) is 3.95. The number of aromatic nitrogens is 2. The van der Waals surface area contributed by atoms with Crippen LogP contribution in [0.2, 0.25) is 5.15 Å². The predicted octanol–water partition coefficient (Wildman–Crippen LogP) is 5.36. The fraction of sp³-hybridized carbons (Fsp3) is 0.750. The topological polar surface area (TPSA) is 35.0 Å². The molecule has 3 rings (SSSR count). The van der Waals surface area contributed by atoms with E-state index in [9.17, 15) is 0 Å². The minimum absolute atomic E-state index is 0.334. The van der Waals surface area contributed by atoms with Gasteiger partial charge in [-0.25, -0.2) is 9.97 Å². The van der Waals surface area contributed by atoms with Crippen molar-refractivity contribution in [2.45, 2.75) is 69.8 Å². The zero-order chi connectivity index (χ0) is 14.9. The van der Waals surface area contributed by atoms with Gasteiger partial charge in [-0.3, -0.25) is 0 Å². The van der Waals surface area contributed by atoms with Crippen LogP contribution in [0.1, 0.15) is 75.7 Å². The molecule has 0 saturated heterocycles. The van der Waals surface area contributed by atoms with Gasteiger partial charge in [0, 0.05) is 12.5 Å². The summed E-state index contributed by atoms with van der Waals surface area (Å²) in [5, 5.41) is 0.533. The predicted molar refractivity (Wildman–Crippen MR) is 87.7 cm³/mol. The molecule has 1 aromatic heterocycles. The summed E-state index contributed by atoms with van der Waals surface area (Å²) >= 11 is 9.91. The Morgan fingerprint density at radius 3 is 2.43 bits per heavy atom. The summed E-state index contributed by atoms with van der Waals surface area (Å²) in [6, 6.07) is 0. The molecule has 0 atom stereocenters. The lowest BCUT2D eigenvalue weighted by molar-refractivity contribution is -0.0626. The monoisotopic (exact) mass is 372 g/mol. The minimum Gasteiger partial charge on any atom is -0.367 e. The molecule has 0 aromatic carbocycles. The van der Waals surface area contributed by atoms with Gasteiger partial charge in [0.05, 0.1) is 10.2 Å². The summed E-state index contributed by atoms with van der Waals surface area (Å²) in [6.45, 7) is 2.74. The minimum atomic E-state index is -0.334. The molecule has 2 saturated carbocycles. The fourth-order valence-electron chi connectivity index (χ4n) is 3.28. The lowest BCUT2D eigenvalue weighted by Gasteiger charge is -2.31. The van der Waals surface area contributed by atoms with Crippen LogP contribution >= 0.6 is 27.5 Å². The highest BCUT2D eigenvalue weighted by atomic mass is 79.9. The van der Waals surface area contributed by atoms with Crippen LogP contribution in [0.25, 0.3) is 0 Å².